The lowest BCUT2D eigenvalue weighted by atomic mass is 9.83. The van der Waals surface area contributed by atoms with Crippen molar-refractivity contribution in [2.75, 3.05) is 18.0 Å². The van der Waals surface area contributed by atoms with Gasteiger partial charge >= 0.3 is 0 Å². The lowest BCUT2D eigenvalue weighted by Crippen LogP contribution is -2.37. The first-order valence-corrected chi connectivity index (χ1v) is 9.33. The molecule has 1 aliphatic rings. The third kappa shape index (κ3) is 3.40. The van der Waals surface area contributed by atoms with Gasteiger partial charge in [-0.15, -0.1) is 0 Å². The Morgan fingerprint density at radius 2 is 1.20 bits per heavy atom. The predicted molar refractivity (Wildman–Crippen MR) is 107 cm³/mol. The highest BCUT2D eigenvalue weighted by Gasteiger charge is 2.24. The minimum atomic E-state index is 0.159. The van der Waals surface area contributed by atoms with E-state index in [2.05, 4.69) is 53.4 Å². The molecule has 0 N–H and O–H groups in total. The van der Waals surface area contributed by atoms with Gasteiger partial charge in [0.2, 0.25) is 0 Å². The highest BCUT2D eigenvalue weighted by atomic mass is 35.5. The molecule has 3 heteroatoms. The second-order valence-electron chi connectivity index (χ2n) is 6.44. The topological polar surface area (TPSA) is 3.24 Å². The van der Waals surface area contributed by atoms with Crippen molar-refractivity contribution >= 4 is 28.9 Å². The number of hydrogen-bond acceptors (Lipinski definition) is 1. The molecule has 0 aliphatic carbocycles. The van der Waals surface area contributed by atoms with Gasteiger partial charge in [0.1, 0.15) is 0 Å². The van der Waals surface area contributed by atoms with E-state index in [0.717, 1.165) is 23.1 Å². The highest BCUT2D eigenvalue weighted by Crippen LogP contribution is 2.39. The molecule has 1 nitrogen and oxygen atoms in total. The van der Waals surface area contributed by atoms with Gasteiger partial charge in [-0.25, -0.2) is 0 Å². The SMILES string of the molecule is Clc1ccc(C(c2ccc(Cl)cc2)c2ccccc2N2CCC2)cc1. The van der Waals surface area contributed by atoms with Crippen LogP contribution in [-0.4, -0.2) is 13.1 Å². The zero-order valence-electron chi connectivity index (χ0n) is 13.8. The van der Waals surface area contributed by atoms with Crippen LogP contribution in [0.3, 0.4) is 0 Å². The van der Waals surface area contributed by atoms with Gasteiger partial charge in [0.05, 0.1) is 0 Å². The Hall–Kier alpha value is -1.96. The van der Waals surface area contributed by atoms with E-state index >= 15 is 0 Å². The Balaban J connectivity index is 1.86. The Labute approximate surface area is 158 Å². The Morgan fingerprint density at radius 3 is 1.68 bits per heavy atom. The predicted octanol–water partition coefficient (Wildman–Crippen LogP) is 6.38. The van der Waals surface area contributed by atoms with Gasteiger partial charge in [-0.1, -0.05) is 65.7 Å². The number of rotatable bonds is 4. The zero-order valence-corrected chi connectivity index (χ0v) is 15.3. The molecular formula is C22H19Cl2N. The molecule has 0 amide bonds. The maximum atomic E-state index is 6.12. The van der Waals surface area contributed by atoms with E-state index in [0.29, 0.717) is 0 Å². The van der Waals surface area contributed by atoms with Gasteiger partial charge in [-0.3, -0.25) is 0 Å². The summed E-state index contributed by atoms with van der Waals surface area (Å²) in [6.07, 6.45) is 1.26. The minimum Gasteiger partial charge on any atom is -0.371 e. The summed E-state index contributed by atoms with van der Waals surface area (Å²) in [6.45, 7) is 2.26. The van der Waals surface area contributed by atoms with Gasteiger partial charge in [0.25, 0.3) is 0 Å². The molecule has 0 radical (unpaired) electrons. The van der Waals surface area contributed by atoms with E-state index in [4.69, 9.17) is 23.2 Å². The maximum Gasteiger partial charge on any atom is 0.0408 e. The van der Waals surface area contributed by atoms with E-state index in [9.17, 15) is 0 Å². The zero-order chi connectivity index (χ0) is 17.2. The summed E-state index contributed by atoms with van der Waals surface area (Å²) < 4.78 is 0. The van der Waals surface area contributed by atoms with Crippen molar-refractivity contribution in [3.05, 3.63) is 99.5 Å². The summed E-state index contributed by atoms with van der Waals surface area (Å²) in [6, 6.07) is 25.0. The fourth-order valence-corrected chi connectivity index (χ4v) is 3.69. The number of para-hydroxylation sites is 1. The van der Waals surface area contributed by atoms with E-state index < -0.39 is 0 Å². The fraction of sp³-hybridized carbons (Fsp3) is 0.182. The summed E-state index contributed by atoms with van der Waals surface area (Å²) >= 11 is 12.2. The molecular weight excluding hydrogens is 349 g/mol. The van der Waals surface area contributed by atoms with Crippen LogP contribution in [0.2, 0.25) is 10.0 Å². The second-order valence-corrected chi connectivity index (χ2v) is 7.31. The van der Waals surface area contributed by atoms with Gasteiger partial charge in [-0.05, 0) is 53.4 Å². The monoisotopic (exact) mass is 367 g/mol. The van der Waals surface area contributed by atoms with Crippen LogP contribution in [0.5, 0.6) is 0 Å². The molecule has 0 aromatic heterocycles. The molecule has 0 bridgehead atoms. The van der Waals surface area contributed by atoms with Crippen molar-refractivity contribution in [1.82, 2.24) is 0 Å². The average molecular weight is 368 g/mol. The molecule has 3 aromatic carbocycles. The van der Waals surface area contributed by atoms with E-state index in [1.165, 1.54) is 28.8 Å². The van der Waals surface area contributed by atoms with Gasteiger partial charge in [0.15, 0.2) is 0 Å². The summed E-state index contributed by atoms with van der Waals surface area (Å²) in [7, 11) is 0. The summed E-state index contributed by atoms with van der Waals surface area (Å²) in [4.78, 5) is 2.45. The van der Waals surface area contributed by atoms with Crippen LogP contribution >= 0.6 is 23.2 Å². The lowest BCUT2D eigenvalue weighted by molar-refractivity contribution is 0.614. The third-order valence-corrected chi connectivity index (χ3v) is 5.36. The molecule has 0 atom stereocenters. The van der Waals surface area contributed by atoms with Crippen LogP contribution in [-0.2, 0) is 0 Å². The number of benzene rings is 3. The van der Waals surface area contributed by atoms with E-state index in [1.807, 2.05) is 24.3 Å². The lowest BCUT2D eigenvalue weighted by Gasteiger charge is -2.36. The van der Waals surface area contributed by atoms with E-state index in [1.54, 1.807) is 0 Å². The number of anilines is 1. The van der Waals surface area contributed by atoms with Gasteiger partial charge in [0, 0.05) is 34.7 Å². The Bertz CT molecular complexity index is 806. The van der Waals surface area contributed by atoms with Crippen LogP contribution in [0.15, 0.2) is 72.8 Å². The standard InChI is InChI=1S/C22H19Cl2N/c23-18-10-6-16(7-11-18)22(17-8-12-19(24)13-9-17)20-4-1-2-5-21(20)25-14-3-15-25/h1-2,4-13,22H,3,14-15H2. The molecule has 1 aliphatic heterocycles. The maximum absolute atomic E-state index is 6.12. The molecule has 0 spiro atoms. The van der Waals surface area contributed by atoms with Crippen molar-refractivity contribution < 1.29 is 0 Å². The van der Waals surface area contributed by atoms with Crippen molar-refractivity contribution in [2.24, 2.45) is 0 Å². The highest BCUT2D eigenvalue weighted by molar-refractivity contribution is 6.30. The number of halogens is 2. The molecule has 1 fully saturated rings. The molecule has 3 aromatic rings. The molecule has 1 heterocycles. The van der Waals surface area contributed by atoms with Crippen LogP contribution in [0.25, 0.3) is 0 Å². The molecule has 1 saturated heterocycles. The van der Waals surface area contributed by atoms with Crippen LogP contribution in [0.4, 0.5) is 5.69 Å². The average Bonchev–Trinajstić information content (AvgIpc) is 2.58. The van der Waals surface area contributed by atoms with Crippen LogP contribution in [0.1, 0.15) is 29.0 Å². The largest absolute Gasteiger partial charge is 0.371 e. The van der Waals surface area contributed by atoms with E-state index in [-0.39, 0.29) is 5.92 Å². The molecule has 126 valence electrons. The smallest absolute Gasteiger partial charge is 0.0408 e. The van der Waals surface area contributed by atoms with Crippen LogP contribution in [0, 0.1) is 0 Å². The number of nitrogens with zero attached hydrogens (tertiary/aromatic N) is 1. The fourth-order valence-electron chi connectivity index (χ4n) is 3.44. The first kappa shape index (κ1) is 16.5. The summed E-state index contributed by atoms with van der Waals surface area (Å²) in [5, 5.41) is 1.52. The normalized spacial score (nSPS) is 13.8. The second kappa shape index (κ2) is 7.11. The van der Waals surface area contributed by atoms with Crippen molar-refractivity contribution in [2.45, 2.75) is 12.3 Å². The minimum absolute atomic E-state index is 0.159. The number of hydrogen-bond donors (Lipinski definition) is 0. The van der Waals surface area contributed by atoms with Gasteiger partial charge < -0.3 is 4.90 Å². The molecule has 0 saturated carbocycles. The van der Waals surface area contributed by atoms with Crippen molar-refractivity contribution in [1.29, 1.82) is 0 Å². The Kier molecular flexibility index (Phi) is 4.70. The van der Waals surface area contributed by atoms with Crippen molar-refractivity contribution in [3.8, 4) is 0 Å². The van der Waals surface area contributed by atoms with Crippen molar-refractivity contribution in [3.63, 3.8) is 0 Å². The van der Waals surface area contributed by atoms with Gasteiger partial charge in [-0.2, -0.15) is 0 Å². The molecule has 4 rings (SSSR count). The summed E-state index contributed by atoms with van der Waals surface area (Å²) in [5.74, 6) is 0.159. The first-order chi connectivity index (χ1) is 12.2. The molecule has 25 heavy (non-hydrogen) atoms. The molecule has 0 unspecified atom stereocenters. The quantitative estimate of drug-likeness (QED) is 0.483. The third-order valence-electron chi connectivity index (χ3n) is 4.85. The summed E-state index contributed by atoms with van der Waals surface area (Å²) in [5.41, 5.74) is 5.12. The Morgan fingerprint density at radius 1 is 0.680 bits per heavy atom. The van der Waals surface area contributed by atoms with Crippen LogP contribution < -0.4 is 4.90 Å². The first-order valence-electron chi connectivity index (χ1n) is 8.57.